The van der Waals surface area contributed by atoms with Crippen LogP contribution in [-0.2, 0) is 11.3 Å². The Hall–Kier alpha value is -2.54. The van der Waals surface area contributed by atoms with Gasteiger partial charge in [-0.15, -0.1) is 0 Å². The predicted octanol–water partition coefficient (Wildman–Crippen LogP) is 2.20. The van der Waals surface area contributed by atoms with Crippen LogP contribution in [0.1, 0.15) is 22.3 Å². The Morgan fingerprint density at radius 3 is 2.54 bits per heavy atom. The standard InChI is InChI=1S/C17H20N2O4S/c1-22-14-4-3-12(9-15(14)23-2)10-19-16(20)5-7-18-17(21)13-6-8-24-11-13/h3-4,6,8-9,11H,5,7,10H2,1-2H3,(H,18,21)(H,19,20). The zero-order valence-corrected chi connectivity index (χ0v) is 14.4. The second-order valence-electron chi connectivity index (χ2n) is 4.98. The smallest absolute Gasteiger partial charge is 0.252 e. The van der Waals surface area contributed by atoms with E-state index in [1.165, 1.54) is 11.3 Å². The van der Waals surface area contributed by atoms with Crippen molar-refractivity contribution < 1.29 is 19.1 Å². The molecule has 0 aliphatic rings. The average Bonchev–Trinajstić information content (AvgIpc) is 3.14. The Balaban J connectivity index is 1.74. The minimum Gasteiger partial charge on any atom is -0.493 e. The van der Waals surface area contributed by atoms with Crippen LogP contribution in [0.2, 0.25) is 0 Å². The number of nitrogens with one attached hydrogen (secondary N) is 2. The molecule has 2 N–H and O–H groups in total. The highest BCUT2D eigenvalue weighted by Gasteiger charge is 2.08. The van der Waals surface area contributed by atoms with Gasteiger partial charge in [-0.3, -0.25) is 9.59 Å². The van der Waals surface area contributed by atoms with Crippen LogP contribution in [0.4, 0.5) is 0 Å². The maximum atomic E-state index is 11.8. The summed E-state index contributed by atoms with van der Waals surface area (Å²) in [6.07, 6.45) is 0.225. The molecule has 0 unspecified atom stereocenters. The molecular weight excluding hydrogens is 328 g/mol. The molecule has 0 saturated carbocycles. The van der Waals surface area contributed by atoms with Crippen molar-refractivity contribution in [3.8, 4) is 11.5 Å². The van der Waals surface area contributed by atoms with Crippen molar-refractivity contribution in [2.75, 3.05) is 20.8 Å². The topological polar surface area (TPSA) is 76.7 Å². The van der Waals surface area contributed by atoms with Crippen molar-refractivity contribution in [1.29, 1.82) is 0 Å². The van der Waals surface area contributed by atoms with E-state index in [2.05, 4.69) is 10.6 Å². The van der Waals surface area contributed by atoms with Crippen LogP contribution in [0.3, 0.4) is 0 Å². The Morgan fingerprint density at radius 1 is 1.08 bits per heavy atom. The highest BCUT2D eigenvalue weighted by Crippen LogP contribution is 2.27. The SMILES string of the molecule is COc1ccc(CNC(=O)CCNC(=O)c2ccsc2)cc1OC. The number of hydrogen-bond donors (Lipinski definition) is 2. The predicted molar refractivity (Wildman–Crippen MR) is 92.7 cm³/mol. The molecule has 1 heterocycles. The van der Waals surface area contributed by atoms with E-state index in [4.69, 9.17) is 9.47 Å². The maximum Gasteiger partial charge on any atom is 0.252 e. The first kappa shape index (κ1) is 17.8. The first-order valence-electron chi connectivity index (χ1n) is 7.42. The lowest BCUT2D eigenvalue weighted by Gasteiger charge is -2.10. The molecule has 7 heteroatoms. The van der Waals surface area contributed by atoms with Crippen molar-refractivity contribution in [2.24, 2.45) is 0 Å². The third-order valence-corrected chi connectivity index (χ3v) is 4.04. The van der Waals surface area contributed by atoms with E-state index in [1.807, 2.05) is 17.5 Å². The van der Waals surface area contributed by atoms with Crippen LogP contribution >= 0.6 is 11.3 Å². The van der Waals surface area contributed by atoms with Crippen LogP contribution in [0, 0.1) is 0 Å². The Labute approximate surface area is 144 Å². The van der Waals surface area contributed by atoms with Gasteiger partial charge in [0.2, 0.25) is 5.91 Å². The summed E-state index contributed by atoms with van der Waals surface area (Å²) in [6.45, 7) is 0.685. The second-order valence-corrected chi connectivity index (χ2v) is 5.76. The molecule has 0 radical (unpaired) electrons. The molecule has 0 aliphatic carbocycles. The molecule has 24 heavy (non-hydrogen) atoms. The van der Waals surface area contributed by atoms with Crippen molar-refractivity contribution in [3.63, 3.8) is 0 Å². The largest absolute Gasteiger partial charge is 0.493 e. The summed E-state index contributed by atoms with van der Waals surface area (Å²) in [5.74, 6) is 0.968. The van der Waals surface area contributed by atoms with Crippen LogP contribution in [0.25, 0.3) is 0 Å². The van der Waals surface area contributed by atoms with E-state index in [0.717, 1.165) is 5.56 Å². The number of thiophene rings is 1. The molecule has 1 aromatic heterocycles. The minimum absolute atomic E-state index is 0.129. The fraction of sp³-hybridized carbons (Fsp3) is 0.294. The summed E-state index contributed by atoms with van der Waals surface area (Å²) in [7, 11) is 3.14. The van der Waals surface area contributed by atoms with Gasteiger partial charge in [-0.05, 0) is 29.1 Å². The van der Waals surface area contributed by atoms with E-state index in [9.17, 15) is 9.59 Å². The molecule has 0 saturated heterocycles. The number of rotatable bonds is 8. The minimum atomic E-state index is -0.163. The summed E-state index contributed by atoms with van der Waals surface area (Å²) >= 11 is 1.46. The zero-order chi connectivity index (χ0) is 17.4. The first-order chi connectivity index (χ1) is 11.6. The average molecular weight is 348 g/mol. The molecule has 0 bridgehead atoms. The quantitative estimate of drug-likeness (QED) is 0.767. The van der Waals surface area contributed by atoms with Crippen molar-refractivity contribution in [1.82, 2.24) is 10.6 Å². The van der Waals surface area contributed by atoms with Gasteiger partial charge >= 0.3 is 0 Å². The molecule has 0 atom stereocenters. The monoisotopic (exact) mass is 348 g/mol. The van der Waals surface area contributed by atoms with E-state index in [1.54, 1.807) is 31.7 Å². The molecular formula is C17H20N2O4S. The Kier molecular flexibility index (Phi) is 6.62. The fourth-order valence-corrected chi connectivity index (χ4v) is 2.70. The van der Waals surface area contributed by atoms with E-state index >= 15 is 0 Å². The molecule has 1 aromatic carbocycles. The molecule has 2 amide bonds. The van der Waals surface area contributed by atoms with Gasteiger partial charge in [0, 0.05) is 30.5 Å². The summed E-state index contributed by atoms with van der Waals surface area (Å²) in [4.78, 5) is 23.6. The van der Waals surface area contributed by atoms with Crippen LogP contribution in [0.5, 0.6) is 11.5 Å². The zero-order valence-electron chi connectivity index (χ0n) is 13.6. The van der Waals surface area contributed by atoms with Crippen LogP contribution in [0.15, 0.2) is 35.0 Å². The van der Waals surface area contributed by atoms with Gasteiger partial charge in [0.25, 0.3) is 5.91 Å². The highest BCUT2D eigenvalue weighted by molar-refractivity contribution is 7.08. The first-order valence-corrected chi connectivity index (χ1v) is 8.36. The fourth-order valence-electron chi connectivity index (χ4n) is 2.06. The van der Waals surface area contributed by atoms with Crippen molar-refractivity contribution in [2.45, 2.75) is 13.0 Å². The molecule has 0 spiro atoms. The maximum absolute atomic E-state index is 11.8. The van der Waals surface area contributed by atoms with Gasteiger partial charge in [-0.2, -0.15) is 11.3 Å². The number of hydrogen-bond acceptors (Lipinski definition) is 5. The van der Waals surface area contributed by atoms with Gasteiger partial charge in [0.1, 0.15) is 0 Å². The molecule has 0 aliphatic heterocycles. The number of benzene rings is 1. The number of methoxy groups -OCH3 is 2. The normalized spacial score (nSPS) is 10.1. The van der Waals surface area contributed by atoms with Crippen molar-refractivity contribution >= 4 is 23.2 Å². The lowest BCUT2D eigenvalue weighted by atomic mass is 10.2. The summed E-state index contributed by atoms with van der Waals surface area (Å²) in [5.41, 5.74) is 1.52. The third-order valence-electron chi connectivity index (χ3n) is 3.36. The second kappa shape index (κ2) is 8.93. The summed E-state index contributed by atoms with van der Waals surface area (Å²) in [6, 6.07) is 7.22. The van der Waals surface area contributed by atoms with Gasteiger partial charge in [0.05, 0.1) is 14.2 Å². The van der Waals surface area contributed by atoms with Crippen LogP contribution < -0.4 is 20.1 Å². The number of carbonyl (C=O) groups excluding carboxylic acids is 2. The number of carbonyl (C=O) groups is 2. The van der Waals surface area contributed by atoms with E-state index in [-0.39, 0.29) is 18.2 Å². The lowest BCUT2D eigenvalue weighted by molar-refractivity contribution is -0.121. The Bertz CT molecular complexity index is 686. The van der Waals surface area contributed by atoms with Crippen LogP contribution in [-0.4, -0.2) is 32.6 Å². The highest BCUT2D eigenvalue weighted by atomic mass is 32.1. The molecule has 6 nitrogen and oxygen atoms in total. The Morgan fingerprint density at radius 2 is 1.88 bits per heavy atom. The van der Waals surface area contributed by atoms with Gasteiger partial charge in [0.15, 0.2) is 11.5 Å². The number of ether oxygens (including phenoxy) is 2. The van der Waals surface area contributed by atoms with Crippen molar-refractivity contribution in [3.05, 3.63) is 46.2 Å². The molecule has 128 valence electrons. The van der Waals surface area contributed by atoms with E-state index in [0.29, 0.717) is 30.2 Å². The molecule has 2 rings (SSSR count). The third kappa shape index (κ3) is 4.99. The van der Waals surface area contributed by atoms with Gasteiger partial charge in [-0.1, -0.05) is 6.07 Å². The summed E-state index contributed by atoms with van der Waals surface area (Å²) in [5, 5.41) is 9.14. The molecule has 2 aromatic rings. The number of amides is 2. The van der Waals surface area contributed by atoms with Gasteiger partial charge < -0.3 is 20.1 Å². The van der Waals surface area contributed by atoms with E-state index < -0.39 is 0 Å². The van der Waals surface area contributed by atoms with Gasteiger partial charge in [-0.25, -0.2) is 0 Å². The lowest BCUT2D eigenvalue weighted by Crippen LogP contribution is -2.30. The summed E-state index contributed by atoms with van der Waals surface area (Å²) < 4.78 is 10.4. The molecule has 0 fully saturated rings.